The minimum Gasteiger partial charge on any atom is -0.497 e. The van der Waals surface area contributed by atoms with Crippen molar-refractivity contribution in [1.29, 1.82) is 0 Å². The first kappa shape index (κ1) is 22.0. The number of hydrogen-bond acceptors (Lipinski definition) is 6. The zero-order valence-electron chi connectivity index (χ0n) is 15.8. The summed E-state index contributed by atoms with van der Waals surface area (Å²) >= 11 is 5.97. The van der Waals surface area contributed by atoms with Crippen LogP contribution in [0.5, 0.6) is 11.5 Å². The van der Waals surface area contributed by atoms with E-state index in [4.69, 9.17) is 25.8 Å². The summed E-state index contributed by atoms with van der Waals surface area (Å²) in [6.07, 6.45) is -0.163. The molecule has 152 valence electrons. The van der Waals surface area contributed by atoms with Gasteiger partial charge in [0.2, 0.25) is 10.0 Å². The van der Waals surface area contributed by atoms with Crippen LogP contribution in [0.25, 0.3) is 0 Å². The van der Waals surface area contributed by atoms with Crippen LogP contribution in [0.3, 0.4) is 0 Å². The van der Waals surface area contributed by atoms with Gasteiger partial charge in [-0.15, -0.1) is 0 Å². The molecule has 7 nitrogen and oxygen atoms in total. The molecule has 1 N–H and O–H groups in total. The summed E-state index contributed by atoms with van der Waals surface area (Å²) < 4.78 is 43.5. The lowest BCUT2D eigenvalue weighted by molar-refractivity contribution is -0.143. The fraction of sp³-hybridized carbons (Fsp3) is 0.316. The van der Waals surface area contributed by atoms with Crippen LogP contribution >= 0.6 is 11.6 Å². The first-order chi connectivity index (χ1) is 13.3. The van der Waals surface area contributed by atoms with E-state index in [2.05, 4.69) is 4.72 Å². The molecule has 0 fully saturated rings. The van der Waals surface area contributed by atoms with E-state index >= 15 is 0 Å². The smallest absolute Gasteiger partial charge is 0.307 e. The number of carbonyl (C=O) groups excluding carboxylic acids is 1. The van der Waals surface area contributed by atoms with Crippen LogP contribution in [0, 0.1) is 0 Å². The van der Waals surface area contributed by atoms with Gasteiger partial charge in [0.15, 0.2) is 0 Å². The SMILES string of the molecule is CCOC(=O)CC(NS(=O)(=O)c1ccc(Cl)c(OC)c1)c1ccc(OC)cc1. The van der Waals surface area contributed by atoms with E-state index in [0.717, 1.165) is 0 Å². The van der Waals surface area contributed by atoms with E-state index < -0.39 is 22.0 Å². The van der Waals surface area contributed by atoms with Gasteiger partial charge in [0.1, 0.15) is 11.5 Å². The van der Waals surface area contributed by atoms with Crippen LogP contribution in [0.1, 0.15) is 24.9 Å². The first-order valence-electron chi connectivity index (χ1n) is 8.46. The van der Waals surface area contributed by atoms with Gasteiger partial charge >= 0.3 is 5.97 Å². The van der Waals surface area contributed by atoms with Gasteiger partial charge in [0, 0.05) is 6.07 Å². The zero-order chi connectivity index (χ0) is 20.7. The molecule has 0 heterocycles. The second-order valence-electron chi connectivity index (χ2n) is 5.75. The molecule has 0 amide bonds. The van der Waals surface area contributed by atoms with Crippen LogP contribution in [-0.4, -0.2) is 35.2 Å². The lowest BCUT2D eigenvalue weighted by Gasteiger charge is -2.19. The molecule has 0 saturated carbocycles. The van der Waals surface area contributed by atoms with Crippen molar-refractivity contribution in [1.82, 2.24) is 4.72 Å². The van der Waals surface area contributed by atoms with Crippen LogP contribution in [-0.2, 0) is 19.6 Å². The highest BCUT2D eigenvalue weighted by atomic mass is 35.5. The predicted molar refractivity (Wildman–Crippen MR) is 105 cm³/mol. The zero-order valence-corrected chi connectivity index (χ0v) is 17.3. The van der Waals surface area contributed by atoms with Crippen molar-refractivity contribution in [3.8, 4) is 11.5 Å². The number of methoxy groups -OCH3 is 2. The van der Waals surface area contributed by atoms with Crippen LogP contribution < -0.4 is 14.2 Å². The number of carbonyl (C=O) groups is 1. The number of nitrogens with one attached hydrogen (secondary N) is 1. The van der Waals surface area contributed by atoms with Crippen molar-refractivity contribution in [3.05, 3.63) is 53.1 Å². The highest BCUT2D eigenvalue weighted by molar-refractivity contribution is 7.89. The summed E-state index contributed by atoms with van der Waals surface area (Å²) in [6, 6.07) is 10.0. The van der Waals surface area contributed by atoms with Crippen molar-refractivity contribution in [2.24, 2.45) is 0 Å². The number of esters is 1. The van der Waals surface area contributed by atoms with Gasteiger partial charge in [-0.2, -0.15) is 0 Å². The molecule has 0 aliphatic carbocycles. The average Bonchev–Trinajstić information content (AvgIpc) is 2.67. The predicted octanol–water partition coefficient (Wildman–Crippen LogP) is 3.33. The van der Waals surface area contributed by atoms with Gasteiger partial charge in [0.25, 0.3) is 0 Å². The van der Waals surface area contributed by atoms with Crippen LogP contribution in [0.2, 0.25) is 5.02 Å². The molecule has 0 aliphatic heterocycles. The summed E-state index contributed by atoms with van der Waals surface area (Å²) in [4.78, 5) is 12.0. The fourth-order valence-electron chi connectivity index (χ4n) is 2.51. The van der Waals surface area contributed by atoms with Crippen LogP contribution in [0.4, 0.5) is 0 Å². The van der Waals surface area contributed by atoms with Crippen LogP contribution in [0.15, 0.2) is 47.4 Å². The molecule has 2 aromatic carbocycles. The second-order valence-corrected chi connectivity index (χ2v) is 7.87. The highest BCUT2D eigenvalue weighted by Gasteiger charge is 2.25. The Balaban J connectivity index is 2.35. The van der Waals surface area contributed by atoms with E-state index in [1.54, 1.807) is 31.2 Å². The topological polar surface area (TPSA) is 90.9 Å². The number of hydrogen-bond donors (Lipinski definition) is 1. The summed E-state index contributed by atoms with van der Waals surface area (Å²) in [7, 11) is -1.04. The number of ether oxygens (including phenoxy) is 3. The Bertz CT molecular complexity index is 915. The maximum absolute atomic E-state index is 12.9. The quantitative estimate of drug-likeness (QED) is 0.617. The number of halogens is 1. The molecule has 0 spiro atoms. The van der Waals surface area contributed by atoms with E-state index in [0.29, 0.717) is 16.3 Å². The summed E-state index contributed by atoms with van der Waals surface area (Å²) in [5.41, 5.74) is 0.596. The average molecular weight is 428 g/mol. The highest BCUT2D eigenvalue weighted by Crippen LogP contribution is 2.29. The Morgan fingerprint density at radius 1 is 1.11 bits per heavy atom. The normalized spacial score (nSPS) is 12.3. The maximum atomic E-state index is 12.9. The third-order valence-corrected chi connectivity index (χ3v) is 5.71. The third-order valence-electron chi connectivity index (χ3n) is 3.92. The standard InChI is InChI=1S/C19H22ClNO6S/c1-4-27-19(22)12-17(13-5-7-14(25-2)8-6-13)21-28(23,24)15-9-10-16(20)18(11-15)26-3/h5-11,17,21H,4,12H2,1-3H3. The second kappa shape index (κ2) is 9.77. The Kier molecular flexibility index (Phi) is 7.68. The van der Waals surface area contributed by atoms with Gasteiger partial charge in [-0.25, -0.2) is 13.1 Å². The number of benzene rings is 2. The molecule has 28 heavy (non-hydrogen) atoms. The first-order valence-corrected chi connectivity index (χ1v) is 10.3. The fourth-order valence-corrected chi connectivity index (χ4v) is 3.95. The number of rotatable bonds is 9. The Hall–Kier alpha value is -2.29. The maximum Gasteiger partial charge on any atom is 0.307 e. The molecule has 0 bridgehead atoms. The van der Waals surface area contributed by atoms with Crippen molar-refractivity contribution >= 4 is 27.6 Å². The molecule has 0 radical (unpaired) electrons. The monoisotopic (exact) mass is 427 g/mol. The molecule has 1 unspecified atom stereocenters. The van der Waals surface area contributed by atoms with Gasteiger partial charge in [0.05, 0.1) is 43.2 Å². The largest absolute Gasteiger partial charge is 0.497 e. The van der Waals surface area contributed by atoms with E-state index in [1.165, 1.54) is 32.4 Å². The molecule has 0 aromatic heterocycles. The minimum atomic E-state index is -3.96. The lowest BCUT2D eigenvalue weighted by atomic mass is 10.0. The molecule has 2 aromatic rings. The molecule has 9 heteroatoms. The summed E-state index contributed by atoms with van der Waals surface area (Å²) in [5, 5.41) is 0.291. The van der Waals surface area contributed by atoms with Crippen molar-refractivity contribution in [2.45, 2.75) is 24.3 Å². The summed E-state index contributed by atoms with van der Waals surface area (Å²) in [5.74, 6) is 0.333. The van der Waals surface area contributed by atoms with Gasteiger partial charge < -0.3 is 14.2 Å². The van der Waals surface area contributed by atoms with Gasteiger partial charge in [-0.3, -0.25) is 4.79 Å². The molecular weight excluding hydrogens is 406 g/mol. The Labute approximate surface area is 169 Å². The summed E-state index contributed by atoms with van der Waals surface area (Å²) in [6.45, 7) is 1.89. The minimum absolute atomic E-state index is 0.0314. The Morgan fingerprint density at radius 3 is 2.36 bits per heavy atom. The molecule has 0 saturated heterocycles. The Morgan fingerprint density at radius 2 is 1.79 bits per heavy atom. The molecular formula is C19H22ClNO6S. The van der Waals surface area contributed by atoms with E-state index in [-0.39, 0.29) is 23.7 Å². The van der Waals surface area contributed by atoms with E-state index in [9.17, 15) is 13.2 Å². The lowest BCUT2D eigenvalue weighted by Crippen LogP contribution is -2.30. The molecule has 0 aliphatic rings. The van der Waals surface area contributed by atoms with Gasteiger partial charge in [-0.1, -0.05) is 23.7 Å². The van der Waals surface area contributed by atoms with Crippen molar-refractivity contribution < 1.29 is 27.4 Å². The third kappa shape index (κ3) is 5.60. The van der Waals surface area contributed by atoms with Crippen molar-refractivity contribution in [3.63, 3.8) is 0 Å². The molecule has 1 atom stereocenters. The van der Waals surface area contributed by atoms with Gasteiger partial charge in [-0.05, 0) is 36.8 Å². The molecule has 2 rings (SSSR count). The number of sulfonamides is 1. The van der Waals surface area contributed by atoms with Crippen molar-refractivity contribution in [2.75, 3.05) is 20.8 Å². The van der Waals surface area contributed by atoms with E-state index in [1.807, 2.05) is 0 Å².